The summed E-state index contributed by atoms with van der Waals surface area (Å²) in [6, 6.07) is 0. The van der Waals surface area contributed by atoms with Crippen LogP contribution in [0.15, 0.2) is 12.7 Å². The highest BCUT2D eigenvalue weighted by atomic mass is 16.6. The van der Waals surface area contributed by atoms with Crippen LogP contribution < -0.4 is 0 Å². The first-order chi connectivity index (χ1) is 9.72. The molecule has 1 heterocycles. The number of hydrogen-bond donors (Lipinski definition) is 0. The van der Waals surface area contributed by atoms with Crippen molar-refractivity contribution in [2.45, 2.75) is 77.2 Å². The van der Waals surface area contributed by atoms with Gasteiger partial charge in [0.2, 0.25) is 0 Å². The van der Waals surface area contributed by atoms with Gasteiger partial charge in [-0.2, -0.15) is 0 Å². The van der Waals surface area contributed by atoms with E-state index in [0.29, 0.717) is 12.3 Å². The molecule has 0 radical (unpaired) electrons. The second-order valence-corrected chi connectivity index (χ2v) is 6.73. The molecule has 20 heavy (non-hydrogen) atoms. The fourth-order valence-electron chi connectivity index (χ4n) is 3.85. The molecule has 2 nitrogen and oxygen atoms in total. The van der Waals surface area contributed by atoms with E-state index < -0.39 is 0 Å². The number of esters is 1. The Labute approximate surface area is 124 Å². The second-order valence-electron chi connectivity index (χ2n) is 6.73. The lowest BCUT2D eigenvalue weighted by molar-refractivity contribution is -0.176. The van der Waals surface area contributed by atoms with Crippen molar-refractivity contribution in [1.82, 2.24) is 0 Å². The fraction of sp³-hybridized carbons (Fsp3) is 0.833. The van der Waals surface area contributed by atoms with Gasteiger partial charge in [0.05, 0.1) is 6.42 Å². The Morgan fingerprint density at radius 3 is 2.55 bits per heavy atom. The van der Waals surface area contributed by atoms with Crippen LogP contribution in [0.4, 0.5) is 0 Å². The largest absolute Gasteiger partial charge is 0.461 e. The summed E-state index contributed by atoms with van der Waals surface area (Å²) in [5.74, 6) is 2.30. The van der Waals surface area contributed by atoms with E-state index in [0.717, 1.165) is 11.8 Å². The molecule has 0 aromatic rings. The van der Waals surface area contributed by atoms with Gasteiger partial charge in [-0.05, 0) is 43.4 Å². The van der Waals surface area contributed by atoms with Gasteiger partial charge in [-0.1, -0.05) is 45.1 Å². The van der Waals surface area contributed by atoms with Gasteiger partial charge in [-0.3, -0.25) is 4.79 Å². The van der Waals surface area contributed by atoms with Crippen LogP contribution in [0.2, 0.25) is 0 Å². The van der Waals surface area contributed by atoms with Gasteiger partial charge in [0, 0.05) is 0 Å². The number of carbonyl (C=O) groups is 1. The zero-order valence-corrected chi connectivity index (χ0v) is 13.0. The predicted molar refractivity (Wildman–Crippen MR) is 82.4 cm³/mol. The van der Waals surface area contributed by atoms with Crippen LogP contribution in [-0.2, 0) is 9.53 Å². The summed E-state index contributed by atoms with van der Waals surface area (Å²) >= 11 is 0. The number of cyclic esters (lactones) is 1. The van der Waals surface area contributed by atoms with Crippen LogP contribution in [0.25, 0.3) is 0 Å². The molecule has 2 rings (SSSR count). The maximum absolute atomic E-state index is 10.9. The molecule has 0 aromatic carbocycles. The van der Waals surface area contributed by atoms with Crippen LogP contribution in [0.1, 0.15) is 71.1 Å². The summed E-state index contributed by atoms with van der Waals surface area (Å²) in [7, 11) is 0. The third-order valence-electron chi connectivity index (χ3n) is 5.25. The highest BCUT2D eigenvalue weighted by Gasteiger charge is 2.37. The molecule has 1 aliphatic carbocycles. The first-order valence-corrected chi connectivity index (χ1v) is 8.55. The molecule has 2 fully saturated rings. The summed E-state index contributed by atoms with van der Waals surface area (Å²) in [5, 5.41) is 0. The van der Waals surface area contributed by atoms with Crippen molar-refractivity contribution in [3.63, 3.8) is 0 Å². The molecule has 0 aromatic heterocycles. The minimum absolute atomic E-state index is 0.00325. The molecular weight excluding hydrogens is 248 g/mol. The fourth-order valence-corrected chi connectivity index (χ4v) is 3.85. The highest BCUT2D eigenvalue weighted by Crippen LogP contribution is 2.38. The molecule has 0 N–H and O–H groups in total. The zero-order chi connectivity index (χ0) is 14.4. The predicted octanol–water partition coefficient (Wildman–Crippen LogP) is 4.88. The van der Waals surface area contributed by atoms with Crippen molar-refractivity contribution in [2.24, 2.45) is 17.8 Å². The lowest BCUT2D eigenvalue weighted by Crippen LogP contribution is -2.40. The van der Waals surface area contributed by atoms with Crippen molar-refractivity contribution in [3.05, 3.63) is 12.7 Å². The molecule has 1 saturated carbocycles. The Morgan fingerprint density at radius 1 is 1.30 bits per heavy atom. The molecule has 0 amide bonds. The average molecular weight is 278 g/mol. The average Bonchev–Trinajstić information content (AvgIpc) is 2.44. The minimum atomic E-state index is 0.00325. The maximum Gasteiger partial charge on any atom is 0.309 e. The first kappa shape index (κ1) is 15.6. The molecule has 0 bridgehead atoms. The van der Waals surface area contributed by atoms with Crippen molar-refractivity contribution < 1.29 is 9.53 Å². The molecule has 2 aliphatic rings. The summed E-state index contributed by atoms with van der Waals surface area (Å²) < 4.78 is 5.22. The second kappa shape index (κ2) is 7.85. The van der Waals surface area contributed by atoms with E-state index >= 15 is 0 Å². The molecule has 1 aliphatic heterocycles. The van der Waals surface area contributed by atoms with E-state index in [2.05, 4.69) is 19.6 Å². The van der Waals surface area contributed by atoms with Gasteiger partial charge < -0.3 is 4.74 Å². The molecule has 0 spiro atoms. The van der Waals surface area contributed by atoms with Gasteiger partial charge in [-0.15, -0.1) is 6.58 Å². The van der Waals surface area contributed by atoms with Crippen LogP contribution in [0.5, 0.6) is 0 Å². The third kappa shape index (κ3) is 4.36. The van der Waals surface area contributed by atoms with E-state index in [1.807, 2.05) is 0 Å². The molecule has 2 atom stereocenters. The molecule has 2 unspecified atom stereocenters. The molecule has 2 heteroatoms. The van der Waals surface area contributed by atoms with E-state index in [1.165, 1.54) is 57.8 Å². The number of carbonyl (C=O) groups excluding carboxylic acids is 1. The van der Waals surface area contributed by atoms with Crippen LogP contribution in [0.3, 0.4) is 0 Å². The Hall–Kier alpha value is -0.790. The topological polar surface area (TPSA) is 26.3 Å². The number of allylic oxidation sites excluding steroid dienone is 1. The summed E-state index contributed by atoms with van der Waals surface area (Å²) in [6.45, 7) is 6.21. The van der Waals surface area contributed by atoms with E-state index in [4.69, 9.17) is 4.74 Å². The van der Waals surface area contributed by atoms with Crippen molar-refractivity contribution in [3.8, 4) is 0 Å². The van der Waals surface area contributed by atoms with E-state index in [1.54, 1.807) is 0 Å². The van der Waals surface area contributed by atoms with Crippen LogP contribution >= 0.6 is 0 Å². The smallest absolute Gasteiger partial charge is 0.309 e. The summed E-state index contributed by atoms with van der Waals surface area (Å²) in [6.07, 6.45) is 14.9. The Bertz CT molecular complexity index is 307. The Kier molecular flexibility index (Phi) is 6.12. The van der Waals surface area contributed by atoms with E-state index in [-0.39, 0.29) is 12.1 Å². The number of hydrogen-bond acceptors (Lipinski definition) is 2. The van der Waals surface area contributed by atoms with Crippen LogP contribution in [0, 0.1) is 17.8 Å². The van der Waals surface area contributed by atoms with Crippen LogP contribution in [-0.4, -0.2) is 12.1 Å². The lowest BCUT2D eigenvalue weighted by Gasteiger charge is -2.37. The van der Waals surface area contributed by atoms with E-state index in [9.17, 15) is 4.79 Å². The summed E-state index contributed by atoms with van der Waals surface area (Å²) in [5.41, 5.74) is 0. The van der Waals surface area contributed by atoms with Gasteiger partial charge in [0.25, 0.3) is 0 Å². The standard InChI is InChI=1S/C18H30O2/c1-3-6-14(4-2)7-5-8-15-9-11-16(12-10-15)17-13-18(19)20-17/h4,14-17H,2-3,5-13H2,1H3. The monoisotopic (exact) mass is 278 g/mol. The van der Waals surface area contributed by atoms with Crippen molar-refractivity contribution in [1.29, 1.82) is 0 Å². The normalized spacial score (nSPS) is 31.2. The number of rotatable bonds is 8. The minimum Gasteiger partial charge on any atom is -0.461 e. The molecule has 114 valence electrons. The van der Waals surface area contributed by atoms with Gasteiger partial charge in [0.1, 0.15) is 6.10 Å². The van der Waals surface area contributed by atoms with Crippen molar-refractivity contribution in [2.75, 3.05) is 0 Å². The van der Waals surface area contributed by atoms with Gasteiger partial charge in [0.15, 0.2) is 0 Å². The van der Waals surface area contributed by atoms with Gasteiger partial charge in [-0.25, -0.2) is 0 Å². The van der Waals surface area contributed by atoms with Gasteiger partial charge >= 0.3 is 5.97 Å². The quantitative estimate of drug-likeness (QED) is 0.467. The number of ether oxygens (including phenoxy) is 1. The zero-order valence-electron chi connectivity index (χ0n) is 13.0. The SMILES string of the molecule is C=CC(CCC)CCCC1CCC(C2CC(=O)O2)CC1. The maximum atomic E-state index is 10.9. The highest BCUT2D eigenvalue weighted by molar-refractivity contribution is 5.75. The third-order valence-corrected chi connectivity index (χ3v) is 5.25. The lowest BCUT2D eigenvalue weighted by atomic mass is 9.76. The molecule has 1 saturated heterocycles. The summed E-state index contributed by atoms with van der Waals surface area (Å²) in [4.78, 5) is 10.9. The Morgan fingerprint density at radius 2 is 2.00 bits per heavy atom. The molecular formula is C18H30O2. The first-order valence-electron chi connectivity index (χ1n) is 8.55. The Balaban J connectivity index is 1.57. The van der Waals surface area contributed by atoms with Crippen molar-refractivity contribution >= 4 is 5.97 Å².